The van der Waals surface area contributed by atoms with Crippen LogP contribution in [-0.2, 0) is 0 Å². The van der Waals surface area contributed by atoms with Gasteiger partial charge in [0, 0.05) is 12.3 Å². The average molecular weight is 260 g/mol. The number of pyridine rings is 1. The van der Waals surface area contributed by atoms with Crippen LogP contribution < -0.4 is 10.1 Å². The molecule has 0 spiro atoms. The molecule has 2 heterocycles. The van der Waals surface area contributed by atoms with Gasteiger partial charge in [-0.1, -0.05) is 0 Å². The molecule has 1 aliphatic heterocycles. The van der Waals surface area contributed by atoms with Gasteiger partial charge < -0.3 is 10.1 Å². The molecule has 94 valence electrons. The highest BCUT2D eigenvalue weighted by Crippen LogP contribution is 2.25. The van der Waals surface area contributed by atoms with E-state index in [4.69, 9.17) is 4.74 Å². The van der Waals surface area contributed by atoms with Crippen LogP contribution in [0.15, 0.2) is 18.3 Å². The third kappa shape index (κ3) is 3.54. The van der Waals surface area contributed by atoms with Gasteiger partial charge in [-0.25, -0.2) is 4.98 Å². The number of hydrogen-bond donors (Lipinski definition) is 1. The molecule has 0 atom stereocenters. The third-order valence-corrected chi connectivity index (χ3v) is 2.51. The second kappa shape index (κ2) is 6.36. The van der Waals surface area contributed by atoms with Crippen LogP contribution in [-0.4, -0.2) is 29.1 Å². The number of rotatable bonds is 3. The van der Waals surface area contributed by atoms with Crippen LogP contribution in [0.25, 0.3) is 0 Å². The summed E-state index contributed by atoms with van der Waals surface area (Å²) in [5, 5.41) is 13.9. The minimum atomic E-state index is -0.469. The lowest BCUT2D eigenvalue weighted by molar-refractivity contribution is -0.386. The molecule has 1 fully saturated rings. The monoisotopic (exact) mass is 259 g/mol. The fourth-order valence-electron chi connectivity index (χ4n) is 1.68. The summed E-state index contributed by atoms with van der Waals surface area (Å²) in [6.07, 6.45) is 3.24. The summed E-state index contributed by atoms with van der Waals surface area (Å²) in [7, 11) is 0. The predicted octanol–water partition coefficient (Wildman–Crippen LogP) is 1.54. The van der Waals surface area contributed by atoms with Crippen LogP contribution in [0.3, 0.4) is 0 Å². The highest BCUT2D eigenvalue weighted by atomic mass is 35.5. The van der Waals surface area contributed by atoms with Gasteiger partial charge in [0.2, 0.25) is 0 Å². The molecule has 7 heteroatoms. The molecular formula is C10H14ClN3O3. The van der Waals surface area contributed by atoms with E-state index in [0.29, 0.717) is 0 Å². The molecule has 0 saturated carbocycles. The van der Waals surface area contributed by atoms with Gasteiger partial charge in [-0.2, -0.15) is 0 Å². The summed E-state index contributed by atoms with van der Waals surface area (Å²) in [5.74, 6) is 0.124. The van der Waals surface area contributed by atoms with Gasteiger partial charge in [0.05, 0.1) is 4.92 Å². The van der Waals surface area contributed by atoms with Crippen molar-refractivity contribution in [3.63, 3.8) is 0 Å². The molecule has 0 unspecified atom stereocenters. The van der Waals surface area contributed by atoms with Crippen LogP contribution in [0.1, 0.15) is 12.8 Å². The van der Waals surface area contributed by atoms with Crippen molar-refractivity contribution in [1.29, 1.82) is 0 Å². The lowest BCUT2D eigenvalue weighted by Gasteiger charge is -2.22. The second-order valence-corrected chi connectivity index (χ2v) is 3.65. The van der Waals surface area contributed by atoms with E-state index in [2.05, 4.69) is 10.3 Å². The topological polar surface area (TPSA) is 77.3 Å². The van der Waals surface area contributed by atoms with Crippen LogP contribution in [0.5, 0.6) is 5.88 Å². The molecule has 1 aliphatic rings. The van der Waals surface area contributed by atoms with Crippen molar-refractivity contribution in [2.75, 3.05) is 13.1 Å². The van der Waals surface area contributed by atoms with Crippen molar-refractivity contribution in [1.82, 2.24) is 10.3 Å². The Morgan fingerprint density at radius 1 is 1.47 bits per heavy atom. The largest absolute Gasteiger partial charge is 0.469 e. The molecule has 1 aromatic heterocycles. The van der Waals surface area contributed by atoms with Gasteiger partial charge in [0.1, 0.15) is 6.10 Å². The molecule has 0 aliphatic carbocycles. The van der Waals surface area contributed by atoms with Gasteiger partial charge >= 0.3 is 5.69 Å². The van der Waals surface area contributed by atoms with Crippen molar-refractivity contribution in [3.05, 3.63) is 28.4 Å². The zero-order valence-electron chi connectivity index (χ0n) is 9.17. The number of hydrogen-bond acceptors (Lipinski definition) is 5. The Hall–Kier alpha value is -1.40. The van der Waals surface area contributed by atoms with Crippen LogP contribution >= 0.6 is 12.4 Å². The molecule has 2 rings (SSSR count). The number of nitrogens with one attached hydrogen (secondary N) is 1. The molecule has 1 saturated heterocycles. The second-order valence-electron chi connectivity index (χ2n) is 3.65. The number of ether oxygens (including phenoxy) is 1. The predicted molar refractivity (Wildman–Crippen MR) is 64.7 cm³/mol. The Morgan fingerprint density at radius 3 is 2.82 bits per heavy atom. The highest BCUT2D eigenvalue weighted by molar-refractivity contribution is 5.85. The van der Waals surface area contributed by atoms with Gasteiger partial charge in [-0.3, -0.25) is 10.1 Å². The lowest BCUT2D eigenvalue weighted by atomic mass is 10.1. The van der Waals surface area contributed by atoms with E-state index in [0.717, 1.165) is 25.9 Å². The Balaban J connectivity index is 0.00000144. The zero-order chi connectivity index (χ0) is 11.4. The number of halogens is 1. The first kappa shape index (κ1) is 13.7. The highest BCUT2D eigenvalue weighted by Gasteiger charge is 2.21. The Kier molecular flexibility index (Phi) is 5.11. The van der Waals surface area contributed by atoms with Crippen LogP contribution in [0, 0.1) is 10.1 Å². The van der Waals surface area contributed by atoms with E-state index < -0.39 is 4.92 Å². The minimum Gasteiger partial charge on any atom is -0.469 e. The SMILES string of the molecule is Cl.O=[N+]([O-])c1cccnc1OC1CCNCC1. The van der Waals surface area contributed by atoms with E-state index in [9.17, 15) is 10.1 Å². The van der Waals surface area contributed by atoms with E-state index in [-0.39, 0.29) is 30.1 Å². The normalized spacial score (nSPS) is 16.0. The number of nitro groups is 1. The Morgan fingerprint density at radius 2 is 2.18 bits per heavy atom. The van der Waals surface area contributed by atoms with Gasteiger partial charge in [-0.15, -0.1) is 12.4 Å². The Labute approximate surface area is 105 Å². The maximum absolute atomic E-state index is 10.7. The molecule has 0 amide bonds. The number of piperidine rings is 1. The van der Waals surface area contributed by atoms with E-state index in [1.165, 1.54) is 18.3 Å². The van der Waals surface area contributed by atoms with Crippen molar-refractivity contribution >= 4 is 18.1 Å². The molecule has 6 nitrogen and oxygen atoms in total. The summed E-state index contributed by atoms with van der Waals surface area (Å²) in [4.78, 5) is 14.2. The Bertz CT molecular complexity index is 383. The van der Waals surface area contributed by atoms with Crippen molar-refractivity contribution < 1.29 is 9.66 Å². The smallest absolute Gasteiger partial charge is 0.330 e. The van der Waals surface area contributed by atoms with E-state index in [1.807, 2.05) is 0 Å². The van der Waals surface area contributed by atoms with E-state index >= 15 is 0 Å². The quantitative estimate of drug-likeness (QED) is 0.658. The van der Waals surface area contributed by atoms with E-state index in [1.54, 1.807) is 0 Å². The fraction of sp³-hybridized carbons (Fsp3) is 0.500. The van der Waals surface area contributed by atoms with Crippen LogP contribution in [0.2, 0.25) is 0 Å². The molecule has 17 heavy (non-hydrogen) atoms. The standard InChI is InChI=1S/C10H13N3O3.ClH/c14-13(15)9-2-1-5-12-10(9)16-8-3-6-11-7-4-8;/h1-2,5,8,11H,3-4,6-7H2;1H. The average Bonchev–Trinajstić information content (AvgIpc) is 2.31. The molecule has 0 aromatic carbocycles. The van der Waals surface area contributed by atoms with Gasteiger partial charge in [-0.05, 0) is 32.0 Å². The maximum atomic E-state index is 10.7. The van der Waals surface area contributed by atoms with Crippen LogP contribution in [0.4, 0.5) is 5.69 Å². The van der Waals surface area contributed by atoms with Gasteiger partial charge in [0.25, 0.3) is 5.88 Å². The first-order valence-electron chi connectivity index (χ1n) is 5.24. The summed E-state index contributed by atoms with van der Waals surface area (Å²) in [5.41, 5.74) is -0.0685. The maximum Gasteiger partial charge on any atom is 0.330 e. The first-order valence-corrected chi connectivity index (χ1v) is 5.24. The zero-order valence-corrected chi connectivity index (χ0v) is 9.98. The van der Waals surface area contributed by atoms with Crippen molar-refractivity contribution in [3.8, 4) is 5.88 Å². The van der Waals surface area contributed by atoms with Crippen molar-refractivity contribution in [2.45, 2.75) is 18.9 Å². The molecule has 0 bridgehead atoms. The number of nitrogens with zero attached hydrogens (tertiary/aromatic N) is 2. The lowest BCUT2D eigenvalue weighted by Crippen LogP contribution is -2.34. The molecular weight excluding hydrogens is 246 g/mol. The minimum absolute atomic E-state index is 0. The first-order chi connectivity index (χ1) is 7.77. The molecule has 0 radical (unpaired) electrons. The van der Waals surface area contributed by atoms with Gasteiger partial charge in [0.15, 0.2) is 0 Å². The fourth-order valence-corrected chi connectivity index (χ4v) is 1.68. The number of aromatic nitrogens is 1. The summed E-state index contributed by atoms with van der Waals surface area (Å²) in [6.45, 7) is 1.76. The van der Waals surface area contributed by atoms with Crippen molar-refractivity contribution in [2.24, 2.45) is 0 Å². The molecule has 1 aromatic rings. The third-order valence-electron chi connectivity index (χ3n) is 2.51. The summed E-state index contributed by atoms with van der Waals surface area (Å²) < 4.78 is 5.55. The summed E-state index contributed by atoms with van der Waals surface area (Å²) in [6, 6.07) is 2.94. The molecule has 1 N–H and O–H groups in total. The summed E-state index contributed by atoms with van der Waals surface area (Å²) >= 11 is 0.